The summed E-state index contributed by atoms with van der Waals surface area (Å²) >= 11 is 1.41. The molecule has 1 aliphatic rings. The summed E-state index contributed by atoms with van der Waals surface area (Å²) in [6.07, 6.45) is 4.22. The van der Waals surface area contributed by atoms with Gasteiger partial charge in [-0.25, -0.2) is 4.98 Å². The first-order chi connectivity index (χ1) is 10.2. The third kappa shape index (κ3) is 2.63. The van der Waals surface area contributed by atoms with Crippen molar-refractivity contribution in [2.75, 3.05) is 0 Å². The van der Waals surface area contributed by atoms with Crippen LogP contribution in [0.2, 0.25) is 0 Å². The molecule has 3 rings (SSSR count). The number of hydrogen-bond acceptors (Lipinski definition) is 5. The highest BCUT2D eigenvalue weighted by Gasteiger charge is 2.18. The van der Waals surface area contributed by atoms with E-state index in [1.54, 1.807) is 6.07 Å². The van der Waals surface area contributed by atoms with E-state index in [9.17, 15) is 15.5 Å². The number of aromatic hydroxyl groups is 2. The molecule has 106 valence electrons. The number of phenols is 2. The zero-order valence-electron chi connectivity index (χ0n) is 11.3. The van der Waals surface area contributed by atoms with E-state index in [1.165, 1.54) is 29.0 Å². The number of nitrogens with zero attached hydrogens (tertiary/aromatic N) is 2. The van der Waals surface area contributed by atoms with Crippen LogP contribution in [0.15, 0.2) is 29.2 Å². The van der Waals surface area contributed by atoms with Gasteiger partial charge in [0, 0.05) is 17.0 Å². The monoisotopic (exact) mass is 298 g/mol. The van der Waals surface area contributed by atoms with E-state index in [1.807, 2.05) is 5.38 Å². The summed E-state index contributed by atoms with van der Waals surface area (Å²) in [5, 5.41) is 31.1. The Hall–Kier alpha value is -2.32. The Morgan fingerprint density at radius 3 is 2.67 bits per heavy atom. The molecule has 0 aliphatic heterocycles. The molecule has 21 heavy (non-hydrogen) atoms. The van der Waals surface area contributed by atoms with Gasteiger partial charge in [0.15, 0.2) is 0 Å². The van der Waals surface area contributed by atoms with Crippen molar-refractivity contribution in [1.82, 2.24) is 4.98 Å². The summed E-state index contributed by atoms with van der Waals surface area (Å²) in [6.45, 7) is 0. The topological polar surface area (TPSA) is 77.1 Å². The third-order valence-electron chi connectivity index (χ3n) is 3.65. The number of thiazole rings is 1. The van der Waals surface area contributed by atoms with Gasteiger partial charge in [-0.1, -0.05) is 0 Å². The van der Waals surface area contributed by atoms with E-state index in [-0.39, 0.29) is 11.5 Å². The molecule has 0 radical (unpaired) electrons. The van der Waals surface area contributed by atoms with E-state index in [2.05, 4.69) is 11.1 Å². The summed E-state index contributed by atoms with van der Waals surface area (Å²) in [5.41, 5.74) is 3.05. The second-order valence-corrected chi connectivity index (χ2v) is 5.89. The predicted molar refractivity (Wildman–Crippen MR) is 81.9 cm³/mol. The number of hydrogen-bond donors (Lipinski definition) is 2. The Bertz CT molecular complexity index is 748. The van der Waals surface area contributed by atoms with Gasteiger partial charge in [-0.3, -0.25) is 0 Å². The van der Waals surface area contributed by atoms with Crippen LogP contribution < -0.4 is 0 Å². The molecule has 5 heteroatoms. The Labute approximate surface area is 126 Å². The van der Waals surface area contributed by atoms with Crippen molar-refractivity contribution in [2.24, 2.45) is 0 Å². The van der Waals surface area contributed by atoms with Crippen LogP contribution in [0.5, 0.6) is 11.5 Å². The molecule has 0 unspecified atom stereocenters. The Morgan fingerprint density at radius 2 is 2.00 bits per heavy atom. The maximum Gasteiger partial charge on any atom is 0.134 e. The molecule has 1 fully saturated rings. The molecule has 1 saturated carbocycles. The van der Waals surface area contributed by atoms with E-state index in [0.717, 1.165) is 25.7 Å². The van der Waals surface area contributed by atoms with Crippen molar-refractivity contribution < 1.29 is 10.2 Å². The van der Waals surface area contributed by atoms with Crippen LogP contribution in [0.3, 0.4) is 0 Å². The van der Waals surface area contributed by atoms with Gasteiger partial charge in [0.25, 0.3) is 0 Å². The lowest BCUT2D eigenvalue weighted by molar-refractivity contribution is 0.452. The standard InChI is InChI=1S/C16H14N2O2S/c17-8-13(10-3-1-2-4-10)16-18-14(9-21-16)12-6-5-11(19)7-15(12)20/h5-7,9,19-20H,1-4H2. The number of allylic oxidation sites excluding steroid dienone is 2. The van der Waals surface area contributed by atoms with Crippen LogP contribution in [0.1, 0.15) is 30.7 Å². The maximum absolute atomic E-state index is 9.89. The number of nitriles is 1. The van der Waals surface area contributed by atoms with E-state index in [0.29, 0.717) is 21.8 Å². The number of phenolic OH excluding ortho intramolecular Hbond substituents is 2. The first-order valence-corrected chi connectivity index (χ1v) is 7.67. The lowest BCUT2D eigenvalue weighted by Gasteiger charge is -2.02. The molecule has 0 amide bonds. The summed E-state index contributed by atoms with van der Waals surface area (Å²) in [6, 6.07) is 6.69. The SMILES string of the molecule is N#CC(=C1CCCC1)c1nc(-c2ccc(O)cc2O)cs1. The molecule has 0 bridgehead atoms. The average molecular weight is 298 g/mol. The average Bonchev–Trinajstić information content (AvgIpc) is 3.12. The smallest absolute Gasteiger partial charge is 0.134 e. The van der Waals surface area contributed by atoms with Gasteiger partial charge in [0.1, 0.15) is 22.6 Å². The zero-order valence-corrected chi connectivity index (χ0v) is 12.2. The molecular formula is C16H14N2O2S. The summed E-state index contributed by atoms with van der Waals surface area (Å²) in [4.78, 5) is 4.48. The summed E-state index contributed by atoms with van der Waals surface area (Å²) in [7, 11) is 0. The van der Waals surface area contributed by atoms with Gasteiger partial charge in [-0.15, -0.1) is 11.3 Å². The highest BCUT2D eigenvalue weighted by atomic mass is 32.1. The van der Waals surface area contributed by atoms with Crippen molar-refractivity contribution >= 4 is 16.9 Å². The molecule has 0 atom stereocenters. The van der Waals surface area contributed by atoms with E-state index in [4.69, 9.17) is 0 Å². The number of aromatic nitrogens is 1. The highest BCUT2D eigenvalue weighted by Crippen LogP contribution is 2.36. The minimum absolute atomic E-state index is 0.0116. The number of benzene rings is 1. The van der Waals surface area contributed by atoms with Gasteiger partial charge in [0.2, 0.25) is 0 Å². The minimum Gasteiger partial charge on any atom is -0.508 e. The zero-order chi connectivity index (χ0) is 14.8. The van der Waals surface area contributed by atoms with Crippen LogP contribution in [-0.4, -0.2) is 15.2 Å². The molecule has 1 heterocycles. The molecule has 1 aliphatic carbocycles. The van der Waals surface area contributed by atoms with Crippen LogP contribution in [0.25, 0.3) is 16.8 Å². The second kappa shape index (κ2) is 5.58. The quantitative estimate of drug-likeness (QED) is 0.819. The molecule has 2 N–H and O–H groups in total. The fraction of sp³-hybridized carbons (Fsp3) is 0.250. The van der Waals surface area contributed by atoms with E-state index < -0.39 is 0 Å². The van der Waals surface area contributed by atoms with Crippen molar-refractivity contribution in [1.29, 1.82) is 5.26 Å². The summed E-state index contributed by atoms with van der Waals surface area (Å²) in [5.74, 6) is -0.00336. The van der Waals surface area contributed by atoms with Crippen molar-refractivity contribution in [3.05, 3.63) is 34.2 Å². The Morgan fingerprint density at radius 1 is 1.24 bits per heavy atom. The Balaban J connectivity index is 2.00. The van der Waals surface area contributed by atoms with Crippen molar-refractivity contribution in [3.63, 3.8) is 0 Å². The van der Waals surface area contributed by atoms with Crippen LogP contribution in [0.4, 0.5) is 0 Å². The lowest BCUT2D eigenvalue weighted by atomic mass is 10.1. The molecule has 2 aromatic rings. The van der Waals surface area contributed by atoms with Crippen LogP contribution in [0, 0.1) is 11.3 Å². The molecule has 0 spiro atoms. The summed E-state index contributed by atoms with van der Waals surface area (Å²) < 4.78 is 0. The van der Waals surface area contributed by atoms with Gasteiger partial charge in [-0.2, -0.15) is 5.26 Å². The molecule has 0 saturated heterocycles. The molecule has 1 aromatic heterocycles. The fourth-order valence-electron chi connectivity index (χ4n) is 2.58. The van der Waals surface area contributed by atoms with Gasteiger partial charge >= 0.3 is 0 Å². The minimum atomic E-state index is -0.0149. The number of rotatable bonds is 2. The molecular weight excluding hydrogens is 284 g/mol. The van der Waals surface area contributed by atoms with Gasteiger partial charge in [-0.05, 0) is 43.4 Å². The first kappa shape index (κ1) is 13.7. The van der Waals surface area contributed by atoms with Crippen molar-refractivity contribution in [3.8, 4) is 28.8 Å². The first-order valence-electron chi connectivity index (χ1n) is 6.79. The normalized spacial score (nSPS) is 14.1. The van der Waals surface area contributed by atoms with E-state index >= 15 is 0 Å². The second-order valence-electron chi connectivity index (χ2n) is 5.04. The van der Waals surface area contributed by atoms with Crippen molar-refractivity contribution in [2.45, 2.75) is 25.7 Å². The molecule has 4 nitrogen and oxygen atoms in total. The largest absolute Gasteiger partial charge is 0.508 e. The Kier molecular flexibility index (Phi) is 3.63. The van der Waals surface area contributed by atoms with Crippen LogP contribution >= 0.6 is 11.3 Å². The van der Waals surface area contributed by atoms with Gasteiger partial charge < -0.3 is 10.2 Å². The highest BCUT2D eigenvalue weighted by molar-refractivity contribution is 7.11. The maximum atomic E-state index is 9.89. The third-order valence-corrected chi connectivity index (χ3v) is 4.51. The van der Waals surface area contributed by atoms with Gasteiger partial charge in [0.05, 0.1) is 11.3 Å². The predicted octanol–water partition coefficient (Wildman–Crippen LogP) is 4.07. The molecule has 1 aromatic carbocycles. The van der Waals surface area contributed by atoms with Crippen LogP contribution in [-0.2, 0) is 0 Å². The lowest BCUT2D eigenvalue weighted by Crippen LogP contribution is -1.87. The fourth-order valence-corrected chi connectivity index (χ4v) is 3.44.